The van der Waals surface area contributed by atoms with Gasteiger partial charge in [0, 0.05) is 12.1 Å². The van der Waals surface area contributed by atoms with Gasteiger partial charge in [-0.25, -0.2) is 0 Å². The Morgan fingerprint density at radius 2 is 2.00 bits per heavy atom. The van der Waals surface area contributed by atoms with E-state index in [1.807, 2.05) is 19.1 Å². The van der Waals surface area contributed by atoms with Crippen LogP contribution in [0.3, 0.4) is 0 Å². The summed E-state index contributed by atoms with van der Waals surface area (Å²) in [6.45, 7) is 5.75. The number of ether oxygens (including phenoxy) is 2. The van der Waals surface area contributed by atoms with Gasteiger partial charge in [-0.1, -0.05) is 6.92 Å². The van der Waals surface area contributed by atoms with Crippen LogP contribution in [-0.4, -0.2) is 27.3 Å². The zero-order valence-electron chi connectivity index (χ0n) is 11.7. The summed E-state index contributed by atoms with van der Waals surface area (Å²) in [6.07, 6.45) is 1.05. The van der Waals surface area contributed by atoms with Crippen molar-refractivity contribution in [1.29, 1.82) is 0 Å². The molecule has 1 aromatic rings. The van der Waals surface area contributed by atoms with Crippen LogP contribution in [0.15, 0.2) is 12.1 Å². The van der Waals surface area contributed by atoms with Crippen molar-refractivity contribution in [3.05, 3.63) is 17.7 Å². The van der Waals surface area contributed by atoms with Crippen LogP contribution < -0.4 is 20.5 Å². The molecule has 0 aromatic heterocycles. The first-order valence-electron chi connectivity index (χ1n) is 6.29. The van der Waals surface area contributed by atoms with Gasteiger partial charge in [-0.05, 0) is 37.9 Å². The van der Waals surface area contributed by atoms with E-state index in [9.17, 15) is 0 Å². The predicted molar refractivity (Wildman–Crippen MR) is 75.6 cm³/mol. The highest BCUT2D eigenvalue weighted by Gasteiger charge is 2.10. The van der Waals surface area contributed by atoms with Crippen LogP contribution in [0, 0.1) is 12.8 Å². The van der Waals surface area contributed by atoms with E-state index in [0.29, 0.717) is 5.92 Å². The summed E-state index contributed by atoms with van der Waals surface area (Å²) in [5.74, 6) is 2.21. The lowest BCUT2D eigenvalue weighted by molar-refractivity contribution is 0.390. The molecule has 0 aliphatic heterocycles. The number of nitrogens with two attached hydrogens (primary N) is 1. The van der Waals surface area contributed by atoms with Gasteiger partial charge in [-0.3, -0.25) is 0 Å². The summed E-state index contributed by atoms with van der Waals surface area (Å²) >= 11 is 0. The zero-order chi connectivity index (χ0) is 13.5. The monoisotopic (exact) mass is 252 g/mol. The zero-order valence-corrected chi connectivity index (χ0v) is 11.7. The van der Waals surface area contributed by atoms with Crippen LogP contribution in [0.1, 0.15) is 18.9 Å². The van der Waals surface area contributed by atoms with Gasteiger partial charge < -0.3 is 20.5 Å². The molecule has 0 aliphatic carbocycles. The molecule has 0 spiro atoms. The molecule has 0 fully saturated rings. The van der Waals surface area contributed by atoms with Crippen molar-refractivity contribution < 1.29 is 9.47 Å². The summed E-state index contributed by atoms with van der Waals surface area (Å²) in [4.78, 5) is 0. The number of methoxy groups -OCH3 is 2. The summed E-state index contributed by atoms with van der Waals surface area (Å²) in [6, 6.07) is 3.93. The van der Waals surface area contributed by atoms with Gasteiger partial charge in [0.1, 0.15) is 11.5 Å². The molecular formula is C14H24N2O2. The van der Waals surface area contributed by atoms with Crippen LogP contribution in [0.4, 0.5) is 5.69 Å². The van der Waals surface area contributed by atoms with Gasteiger partial charge in [-0.2, -0.15) is 0 Å². The van der Waals surface area contributed by atoms with Crippen molar-refractivity contribution in [1.82, 2.24) is 0 Å². The van der Waals surface area contributed by atoms with Gasteiger partial charge in [-0.15, -0.1) is 0 Å². The molecule has 0 aliphatic rings. The maximum absolute atomic E-state index is 5.60. The first-order valence-corrected chi connectivity index (χ1v) is 6.29. The van der Waals surface area contributed by atoms with E-state index in [-0.39, 0.29) is 0 Å². The predicted octanol–water partition coefficient (Wildman–Crippen LogP) is 2.41. The Balaban J connectivity index is 2.74. The van der Waals surface area contributed by atoms with Gasteiger partial charge in [0.15, 0.2) is 0 Å². The molecule has 1 aromatic carbocycles. The van der Waals surface area contributed by atoms with Gasteiger partial charge in [0.25, 0.3) is 0 Å². The Hall–Kier alpha value is -1.42. The average Bonchev–Trinajstić information content (AvgIpc) is 2.39. The first kappa shape index (κ1) is 14.6. The summed E-state index contributed by atoms with van der Waals surface area (Å²) < 4.78 is 10.7. The fraction of sp³-hybridized carbons (Fsp3) is 0.571. The van der Waals surface area contributed by atoms with Crippen molar-refractivity contribution in [2.75, 3.05) is 32.6 Å². The molecule has 0 bridgehead atoms. The summed E-state index contributed by atoms with van der Waals surface area (Å²) in [7, 11) is 3.34. The van der Waals surface area contributed by atoms with E-state index in [2.05, 4.69) is 12.2 Å². The molecule has 1 atom stereocenters. The molecule has 18 heavy (non-hydrogen) atoms. The molecule has 1 rings (SSSR count). The SMILES string of the molecule is COc1ccc(NCCC(C)CN)c(OC)c1C. The highest BCUT2D eigenvalue weighted by atomic mass is 16.5. The number of rotatable bonds is 7. The lowest BCUT2D eigenvalue weighted by Gasteiger charge is -2.16. The molecule has 4 nitrogen and oxygen atoms in total. The van der Waals surface area contributed by atoms with E-state index < -0.39 is 0 Å². The smallest absolute Gasteiger partial charge is 0.148 e. The number of anilines is 1. The standard InChI is InChI=1S/C14H24N2O2/c1-10(9-15)7-8-16-12-5-6-13(17-3)11(2)14(12)18-4/h5-6,10,16H,7-9,15H2,1-4H3. The van der Waals surface area contributed by atoms with Crippen molar-refractivity contribution >= 4 is 5.69 Å². The van der Waals surface area contributed by atoms with Crippen LogP contribution >= 0.6 is 0 Å². The Kier molecular flexibility index (Phi) is 5.78. The largest absolute Gasteiger partial charge is 0.496 e. The van der Waals surface area contributed by atoms with Gasteiger partial charge in [0.05, 0.1) is 19.9 Å². The molecule has 3 N–H and O–H groups in total. The van der Waals surface area contributed by atoms with Crippen LogP contribution in [0.2, 0.25) is 0 Å². The molecule has 0 saturated heterocycles. The Morgan fingerprint density at radius 1 is 1.28 bits per heavy atom. The van der Waals surface area contributed by atoms with Crippen LogP contribution in [0.25, 0.3) is 0 Å². The van der Waals surface area contributed by atoms with E-state index in [1.54, 1.807) is 14.2 Å². The second-order valence-corrected chi connectivity index (χ2v) is 4.53. The Bertz CT molecular complexity index is 380. The van der Waals surface area contributed by atoms with E-state index in [4.69, 9.17) is 15.2 Å². The highest BCUT2D eigenvalue weighted by molar-refractivity contribution is 5.63. The third-order valence-electron chi connectivity index (χ3n) is 3.14. The van der Waals surface area contributed by atoms with Crippen molar-refractivity contribution in [3.8, 4) is 11.5 Å². The maximum Gasteiger partial charge on any atom is 0.148 e. The van der Waals surface area contributed by atoms with E-state index >= 15 is 0 Å². The Morgan fingerprint density at radius 3 is 2.56 bits per heavy atom. The van der Waals surface area contributed by atoms with Crippen molar-refractivity contribution in [2.24, 2.45) is 11.7 Å². The third kappa shape index (κ3) is 3.53. The second-order valence-electron chi connectivity index (χ2n) is 4.53. The minimum atomic E-state index is 0.530. The van der Waals surface area contributed by atoms with Gasteiger partial charge in [0.2, 0.25) is 0 Å². The van der Waals surface area contributed by atoms with Crippen molar-refractivity contribution in [3.63, 3.8) is 0 Å². The van der Waals surface area contributed by atoms with Crippen LogP contribution in [-0.2, 0) is 0 Å². The molecule has 1 unspecified atom stereocenters. The third-order valence-corrected chi connectivity index (χ3v) is 3.14. The number of hydrogen-bond acceptors (Lipinski definition) is 4. The summed E-state index contributed by atoms with van der Waals surface area (Å²) in [5, 5.41) is 3.39. The molecule has 0 amide bonds. The minimum Gasteiger partial charge on any atom is -0.496 e. The van der Waals surface area contributed by atoms with Crippen molar-refractivity contribution in [2.45, 2.75) is 20.3 Å². The Labute approximate surface area is 109 Å². The summed E-state index contributed by atoms with van der Waals surface area (Å²) in [5.41, 5.74) is 7.61. The highest BCUT2D eigenvalue weighted by Crippen LogP contribution is 2.34. The maximum atomic E-state index is 5.60. The number of hydrogen-bond donors (Lipinski definition) is 2. The topological polar surface area (TPSA) is 56.5 Å². The first-order chi connectivity index (χ1) is 8.63. The fourth-order valence-corrected chi connectivity index (χ4v) is 1.87. The quantitative estimate of drug-likeness (QED) is 0.782. The molecule has 102 valence electrons. The van der Waals surface area contributed by atoms with Crippen LogP contribution in [0.5, 0.6) is 11.5 Å². The lowest BCUT2D eigenvalue weighted by Crippen LogP contribution is -2.15. The molecule has 0 heterocycles. The molecule has 0 radical (unpaired) electrons. The number of benzene rings is 1. The van der Waals surface area contributed by atoms with E-state index in [0.717, 1.165) is 42.3 Å². The number of nitrogens with one attached hydrogen (secondary N) is 1. The fourth-order valence-electron chi connectivity index (χ4n) is 1.87. The molecular weight excluding hydrogens is 228 g/mol. The average molecular weight is 252 g/mol. The second kappa shape index (κ2) is 7.11. The van der Waals surface area contributed by atoms with E-state index in [1.165, 1.54) is 0 Å². The lowest BCUT2D eigenvalue weighted by atomic mass is 10.1. The van der Waals surface area contributed by atoms with Gasteiger partial charge >= 0.3 is 0 Å². The molecule has 4 heteroatoms. The molecule has 0 saturated carbocycles. The minimum absolute atomic E-state index is 0.530. The normalized spacial score (nSPS) is 12.1.